The first kappa shape index (κ1) is 17.2. The Morgan fingerprint density at radius 1 is 1.08 bits per heavy atom. The molecular weight excluding hydrogens is 338 g/mol. The van der Waals surface area contributed by atoms with E-state index in [0.29, 0.717) is 16.0 Å². The molecule has 1 heterocycles. The lowest BCUT2D eigenvalue weighted by Gasteiger charge is -2.38. The van der Waals surface area contributed by atoms with Gasteiger partial charge in [0.25, 0.3) is 0 Å². The second-order valence-electron chi connectivity index (χ2n) is 6.38. The van der Waals surface area contributed by atoms with E-state index in [0.717, 1.165) is 6.54 Å². The molecule has 1 saturated carbocycles. The van der Waals surface area contributed by atoms with Crippen molar-refractivity contribution in [1.82, 2.24) is 10.3 Å². The van der Waals surface area contributed by atoms with Crippen LogP contribution in [0.3, 0.4) is 0 Å². The standard InChI is InChI=1S/C19H22ClN3S/c20-16-9-10-17(21-13-16)23-18(24)22-14-19(11-5-2-6-12-19)15-7-3-1-4-8-15/h1,3-4,7-10,13H,2,5-6,11-12,14H2,(H2,21,22,23,24). The summed E-state index contributed by atoms with van der Waals surface area (Å²) in [5.41, 5.74) is 1.57. The molecule has 0 atom stereocenters. The number of halogens is 1. The first-order chi connectivity index (χ1) is 11.7. The van der Waals surface area contributed by atoms with Crippen LogP contribution in [0, 0.1) is 0 Å². The fourth-order valence-electron chi connectivity index (χ4n) is 3.45. The molecule has 0 amide bonds. The van der Waals surface area contributed by atoms with Gasteiger partial charge in [0, 0.05) is 18.2 Å². The second kappa shape index (κ2) is 7.95. The van der Waals surface area contributed by atoms with Gasteiger partial charge < -0.3 is 10.6 Å². The van der Waals surface area contributed by atoms with Crippen LogP contribution in [0.1, 0.15) is 37.7 Å². The average Bonchev–Trinajstić information content (AvgIpc) is 2.63. The number of aromatic nitrogens is 1. The lowest BCUT2D eigenvalue weighted by molar-refractivity contribution is 0.292. The molecule has 24 heavy (non-hydrogen) atoms. The van der Waals surface area contributed by atoms with E-state index in [2.05, 4.69) is 45.9 Å². The third-order valence-corrected chi connectivity index (χ3v) is 5.22. The van der Waals surface area contributed by atoms with Crippen LogP contribution >= 0.6 is 23.8 Å². The Bertz CT molecular complexity index is 667. The van der Waals surface area contributed by atoms with Crippen molar-refractivity contribution in [3.05, 3.63) is 59.2 Å². The second-order valence-corrected chi connectivity index (χ2v) is 7.22. The quantitative estimate of drug-likeness (QED) is 0.759. The Hall–Kier alpha value is -1.65. The number of hydrogen-bond acceptors (Lipinski definition) is 2. The normalized spacial score (nSPS) is 16.4. The number of nitrogens with one attached hydrogen (secondary N) is 2. The van der Waals surface area contributed by atoms with Crippen molar-refractivity contribution in [1.29, 1.82) is 0 Å². The monoisotopic (exact) mass is 359 g/mol. The molecule has 2 aromatic rings. The zero-order valence-electron chi connectivity index (χ0n) is 13.6. The van der Waals surface area contributed by atoms with E-state index in [1.165, 1.54) is 37.7 Å². The lowest BCUT2D eigenvalue weighted by Crippen LogP contribution is -2.43. The van der Waals surface area contributed by atoms with Crippen LogP contribution in [0.15, 0.2) is 48.7 Å². The van der Waals surface area contributed by atoms with E-state index in [-0.39, 0.29) is 5.41 Å². The molecule has 0 radical (unpaired) electrons. The fraction of sp³-hybridized carbons (Fsp3) is 0.368. The summed E-state index contributed by atoms with van der Waals surface area (Å²) in [5, 5.41) is 7.75. The Morgan fingerprint density at radius 2 is 1.83 bits per heavy atom. The van der Waals surface area contributed by atoms with E-state index in [1.807, 2.05) is 6.07 Å². The number of pyridine rings is 1. The minimum Gasteiger partial charge on any atom is -0.362 e. The van der Waals surface area contributed by atoms with E-state index in [4.69, 9.17) is 23.8 Å². The molecule has 3 nitrogen and oxygen atoms in total. The van der Waals surface area contributed by atoms with Crippen LogP contribution in [0.5, 0.6) is 0 Å². The van der Waals surface area contributed by atoms with Gasteiger partial charge in [0.15, 0.2) is 5.11 Å². The Morgan fingerprint density at radius 3 is 2.50 bits per heavy atom. The van der Waals surface area contributed by atoms with Gasteiger partial charge >= 0.3 is 0 Å². The number of anilines is 1. The summed E-state index contributed by atoms with van der Waals surface area (Å²) in [7, 11) is 0. The van der Waals surface area contributed by atoms with Crippen LogP contribution in [0.4, 0.5) is 5.82 Å². The molecule has 1 aromatic carbocycles. The topological polar surface area (TPSA) is 37.0 Å². The molecule has 0 aliphatic heterocycles. The molecule has 1 aliphatic carbocycles. The first-order valence-corrected chi connectivity index (χ1v) is 9.19. The summed E-state index contributed by atoms with van der Waals surface area (Å²) in [6.45, 7) is 0.844. The van der Waals surface area contributed by atoms with Crippen molar-refractivity contribution >= 4 is 34.7 Å². The van der Waals surface area contributed by atoms with Crippen LogP contribution in [-0.4, -0.2) is 16.6 Å². The van der Waals surface area contributed by atoms with Crippen molar-refractivity contribution in [2.45, 2.75) is 37.5 Å². The smallest absolute Gasteiger partial charge is 0.171 e. The van der Waals surface area contributed by atoms with Crippen molar-refractivity contribution in [2.24, 2.45) is 0 Å². The molecule has 126 valence electrons. The molecule has 0 saturated heterocycles. The van der Waals surface area contributed by atoms with Gasteiger partial charge in [0.2, 0.25) is 0 Å². The highest BCUT2D eigenvalue weighted by molar-refractivity contribution is 7.80. The number of nitrogens with zero attached hydrogens (tertiary/aromatic N) is 1. The predicted octanol–water partition coefficient (Wildman–Crippen LogP) is 4.92. The maximum Gasteiger partial charge on any atom is 0.171 e. The zero-order valence-corrected chi connectivity index (χ0v) is 15.2. The third kappa shape index (κ3) is 4.25. The van der Waals surface area contributed by atoms with Crippen molar-refractivity contribution in [3.63, 3.8) is 0 Å². The van der Waals surface area contributed by atoms with E-state index in [9.17, 15) is 0 Å². The SMILES string of the molecule is S=C(NCC1(c2ccccc2)CCCCC1)Nc1ccc(Cl)cn1. The van der Waals surface area contributed by atoms with Gasteiger partial charge in [-0.05, 0) is 42.8 Å². The Labute approximate surface area is 153 Å². The highest BCUT2D eigenvalue weighted by atomic mass is 35.5. The number of thiocarbonyl (C=S) groups is 1. The van der Waals surface area contributed by atoms with Crippen LogP contribution in [-0.2, 0) is 5.41 Å². The van der Waals surface area contributed by atoms with Crippen molar-refractivity contribution < 1.29 is 0 Å². The third-order valence-electron chi connectivity index (χ3n) is 4.75. The van der Waals surface area contributed by atoms with Gasteiger partial charge in [-0.25, -0.2) is 4.98 Å². The summed E-state index contributed by atoms with van der Waals surface area (Å²) in [6, 6.07) is 14.4. The van der Waals surface area contributed by atoms with Gasteiger partial charge in [0.1, 0.15) is 5.82 Å². The van der Waals surface area contributed by atoms with Gasteiger partial charge in [-0.2, -0.15) is 0 Å². The van der Waals surface area contributed by atoms with E-state index >= 15 is 0 Å². The molecule has 5 heteroatoms. The van der Waals surface area contributed by atoms with Gasteiger partial charge in [-0.3, -0.25) is 0 Å². The van der Waals surface area contributed by atoms with Gasteiger partial charge in [-0.15, -0.1) is 0 Å². The fourth-order valence-corrected chi connectivity index (χ4v) is 3.74. The van der Waals surface area contributed by atoms with Crippen LogP contribution < -0.4 is 10.6 Å². The zero-order chi connectivity index (χ0) is 16.8. The first-order valence-electron chi connectivity index (χ1n) is 8.40. The molecule has 2 N–H and O–H groups in total. The molecule has 0 bridgehead atoms. The van der Waals surface area contributed by atoms with Crippen molar-refractivity contribution in [3.8, 4) is 0 Å². The minimum absolute atomic E-state index is 0.165. The molecule has 0 unspecified atom stereocenters. The Kier molecular flexibility index (Phi) is 5.69. The van der Waals surface area contributed by atoms with Gasteiger partial charge in [-0.1, -0.05) is 61.2 Å². The lowest BCUT2D eigenvalue weighted by atomic mass is 9.69. The maximum atomic E-state index is 5.86. The summed E-state index contributed by atoms with van der Waals surface area (Å²) >= 11 is 11.3. The summed E-state index contributed by atoms with van der Waals surface area (Å²) < 4.78 is 0. The molecule has 3 rings (SSSR count). The molecular formula is C19H22ClN3S. The average molecular weight is 360 g/mol. The Balaban J connectivity index is 1.65. The van der Waals surface area contributed by atoms with Crippen LogP contribution in [0.2, 0.25) is 5.02 Å². The highest BCUT2D eigenvalue weighted by Gasteiger charge is 2.33. The minimum atomic E-state index is 0.165. The van der Waals surface area contributed by atoms with Crippen molar-refractivity contribution in [2.75, 3.05) is 11.9 Å². The summed E-state index contributed by atoms with van der Waals surface area (Å²) in [5.74, 6) is 0.703. The van der Waals surface area contributed by atoms with E-state index < -0.39 is 0 Å². The number of rotatable bonds is 4. The highest BCUT2D eigenvalue weighted by Crippen LogP contribution is 2.38. The summed E-state index contributed by atoms with van der Waals surface area (Å²) in [6.07, 6.45) is 7.88. The number of hydrogen-bond donors (Lipinski definition) is 2. The molecule has 1 fully saturated rings. The molecule has 1 aliphatic rings. The summed E-state index contributed by atoms with van der Waals surface area (Å²) in [4.78, 5) is 4.22. The van der Waals surface area contributed by atoms with E-state index in [1.54, 1.807) is 12.3 Å². The maximum absolute atomic E-state index is 5.86. The van der Waals surface area contributed by atoms with Crippen LogP contribution in [0.25, 0.3) is 0 Å². The molecule has 1 aromatic heterocycles. The molecule has 0 spiro atoms. The largest absolute Gasteiger partial charge is 0.362 e. The van der Waals surface area contributed by atoms with Gasteiger partial charge in [0.05, 0.1) is 5.02 Å². The number of benzene rings is 1. The predicted molar refractivity (Wildman–Crippen MR) is 105 cm³/mol.